The molecule has 2 N–H and O–H groups in total. The van der Waals surface area contributed by atoms with Crippen molar-refractivity contribution in [3.8, 4) is 11.6 Å². The van der Waals surface area contributed by atoms with Gasteiger partial charge in [-0.25, -0.2) is 4.68 Å². The predicted molar refractivity (Wildman–Crippen MR) is 97.6 cm³/mol. The monoisotopic (exact) mass is 337 g/mol. The van der Waals surface area contributed by atoms with Crippen molar-refractivity contribution >= 4 is 0 Å². The van der Waals surface area contributed by atoms with Crippen LogP contribution in [0.15, 0.2) is 60.7 Å². The number of ether oxygens (including phenoxy) is 1. The van der Waals surface area contributed by atoms with Gasteiger partial charge in [0.2, 0.25) is 5.88 Å². The molecule has 3 aromatic rings. The van der Waals surface area contributed by atoms with Gasteiger partial charge >= 0.3 is 0 Å². The zero-order valence-corrected chi connectivity index (χ0v) is 14.5. The Kier molecular flexibility index (Phi) is 5.48. The van der Waals surface area contributed by atoms with Crippen LogP contribution >= 0.6 is 0 Å². The minimum absolute atomic E-state index is 0.461. The Balaban J connectivity index is 1.66. The lowest BCUT2D eigenvalue weighted by molar-refractivity contribution is 0.174. The van der Waals surface area contributed by atoms with Crippen LogP contribution in [0.5, 0.6) is 11.6 Å². The summed E-state index contributed by atoms with van der Waals surface area (Å²) in [4.78, 5) is 0. The molecule has 2 aromatic carbocycles. The van der Waals surface area contributed by atoms with E-state index < -0.39 is 6.10 Å². The largest absolute Gasteiger partial charge is 0.439 e. The van der Waals surface area contributed by atoms with Crippen LogP contribution in [-0.4, -0.2) is 21.4 Å². The van der Waals surface area contributed by atoms with Crippen LogP contribution in [0.25, 0.3) is 0 Å². The molecule has 5 heteroatoms. The van der Waals surface area contributed by atoms with Gasteiger partial charge in [0.05, 0.1) is 17.4 Å². The van der Waals surface area contributed by atoms with Crippen molar-refractivity contribution in [2.24, 2.45) is 7.05 Å². The third kappa shape index (κ3) is 4.26. The van der Waals surface area contributed by atoms with Gasteiger partial charge < -0.3 is 15.2 Å². The zero-order valence-electron chi connectivity index (χ0n) is 14.5. The summed E-state index contributed by atoms with van der Waals surface area (Å²) in [5, 5.41) is 18.0. The summed E-state index contributed by atoms with van der Waals surface area (Å²) in [5.41, 5.74) is 2.81. The number of nitrogens with one attached hydrogen (secondary N) is 1. The van der Waals surface area contributed by atoms with Crippen molar-refractivity contribution < 1.29 is 9.84 Å². The Labute approximate surface area is 147 Å². The molecule has 0 radical (unpaired) electrons. The normalized spacial score (nSPS) is 12.1. The average molecular weight is 337 g/mol. The Morgan fingerprint density at radius 3 is 2.40 bits per heavy atom. The first kappa shape index (κ1) is 17.2. The molecule has 0 unspecified atom stereocenters. The molecule has 1 heterocycles. The summed E-state index contributed by atoms with van der Waals surface area (Å²) >= 11 is 0. The van der Waals surface area contributed by atoms with Crippen LogP contribution in [0, 0.1) is 6.92 Å². The molecule has 25 heavy (non-hydrogen) atoms. The number of nitrogens with zero attached hydrogens (tertiary/aromatic N) is 2. The number of rotatable bonds is 7. The van der Waals surface area contributed by atoms with Gasteiger partial charge in [-0.2, -0.15) is 5.10 Å². The van der Waals surface area contributed by atoms with Crippen molar-refractivity contribution in [3.05, 3.63) is 77.5 Å². The summed E-state index contributed by atoms with van der Waals surface area (Å²) in [6, 6.07) is 19.3. The number of aliphatic hydroxyl groups is 1. The Morgan fingerprint density at radius 1 is 1.08 bits per heavy atom. The van der Waals surface area contributed by atoms with Crippen LogP contribution in [-0.2, 0) is 13.6 Å². The molecule has 1 atom stereocenters. The summed E-state index contributed by atoms with van der Waals surface area (Å²) in [6.45, 7) is 3.00. The van der Waals surface area contributed by atoms with Crippen LogP contribution in [0.3, 0.4) is 0 Å². The summed E-state index contributed by atoms with van der Waals surface area (Å²) < 4.78 is 7.74. The fourth-order valence-corrected chi connectivity index (χ4v) is 2.74. The van der Waals surface area contributed by atoms with E-state index in [1.165, 1.54) is 0 Å². The highest BCUT2D eigenvalue weighted by Crippen LogP contribution is 2.27. The molecule has 3 rings (SSSR count). The molecular weight excluding hydrogens is 314 g/mol. The van der Waals surface area contributed by atoms with Crippen molar-refractivity contribution in [2.75, 3.05) is 6.54 Å². The quantitative estimate of drug-likeness (QED) is 0.694. The summed E-state index contributed by atoms with van der Waals surface area (Å²) in [5.74, 6) is 1.49. The maximum absolute atomic E-state index is 10.3. The topological polar surface area (TPSA) is 59.3 Å². The van der Waals surface area contributed by atoms with E-state index in [9.17, 15) is 5.11 Å². The third-order valence-electron chi connectivity index (χ3n) is 4.07. The molecular formula is C20H23N3O2. The van der Waals surface area contributed by atoms with E-state index in [0.717, 1.165) is 22.6 Å². The van der Waals surface area contributed by atoms with E-state index in [2.05, 4.69) is 10.4 Å². The minimum Gasteiger partial charge on any atom is -0.439 e. The van der Waals surface area contributed by atoms with Crippen LogP contribution < -0.4 is 10.1 Å². The number of para-hydroxylation sites is 1. The number of benzene rings is 2. The molecule has 1 aromatic heterocycles. The highest BCUT2D eigenvalue weighted by atomic mass is 16.5. The average Bonchev–Trinajstić information content (AvgIpc) is 2.90. The lowest BCUT2D eigenvalue weighted by Crippen LogP contribution is -2.21. The Hall–Kier alpha value is -2.63. The van der Waals surface area contributed by atoms with Crippen LogP contribution in [0.2, 0.25) is 0 Å². The number of aliphatic hydroxyl groups excluding tert-OH is 1. The molecule has 0 bridgehead atoms. The second-order valence-electron chi connectivity index (χ2n) is 5.97. The first-order valence-electron chi connectivity index (χ1n) is 8.34. The van der Waals surface area contributed by atoms with Crippen LogP contribution in [0.4, 0.5) is 0 Å². The van der Waals surface area contributed by atoms with E-state index in [0.29, 0.717) is 19.0 Å². The fourth-order valence-electron chi connectivity index (χ4n) is 2.74. The molecule has 0 saturated heterocycles. The lowest BCUT2D eigenvalue weighted by Gasteiger charge is -2.13. The smallest absolute Gasteiger partial charge is 0.222 e. The molecule has 0 saturated carbocycles. The number of aryl methyl sites for hydroxylation is 2. The minimum atomic E-state index is -0.545. The van der Waals surface area contributed by atoms with Gasteiger partial charge in [0.15, 0.2) is 0 Å². The van der Waals surface area contributed by atoms with Gasteiger partial charge in [-0.05, 0) is 24.6 Å². The van der Waals surface area contributed by atoms with Crippen LogP contribution in [0.1, 0.15) is 22.9 Å². The van der Waals surface area contributed by atoms with Gasteiger partial charge in [0, 0.05) is 20.1 Å². The van der Waals surface area contributed by atoms with E-state index in [1.54, 1.807) is 4.68 Å². The zero-order chi connectivity index (χ0) is 17.6. The standard InChI is InChI=1S/C20H23N3O2/c1-15-18(13-21-14-19(24)16-9-5-3-6-10-16)20(23(2)22-15)25-17-11-7-4-8-12-17/h3-12,19,21,24H,13-14H2,1-2H3/t19-/m0/s1. The molecule has 0 fully saturated rings. The van der Waals surface area contributed by atoms with Gasteiger partial charge in [-0.1, -0.05) is 48.5 Å². The number of aromatic nitrogens is 2. The van der Waals surface area contributed by atoms with Gasteiger partial charge in [-0.3, -0.25) is 0 Å². The highest BCUT2D eigenvalue weighted by molar-refractivity contribution is 5.35. The molecule has 130 valence electrons. The Bertz CT molecular complexity index is 801. The van der Waals surface area contributed by atoms with Gasteiger partial charge in [0.25, 0.3) is 0 Å². The van der Waals surface area contributed by atoms with E-state index in [4.69, 9.17) is 4.74 Å². The maximum Gasteiger partial charge on any atom is 0.222 e. The SMILES string of the molecule is Cc1nn(C)c(Oc2ccccc2)c1CNC[C@H](O)c1ccccc1. The fraction of sp³-hybridized carbons (Fsp3) is 0.250. The van der Waals surface area contributed by atoms with E-state index in [-0.39, 0.29) is 0 Å². The second-order valence-corrected chi connectivity index (χ2v) is 5.97. The molecule has 0 aliphatic rings. The number of hydrogen-bond acceptors (Lipinski definition) is 4. The number of hydrogen-bond donors (Lipinski definition) is 2. The van der Waals surface area contributed by atoms with E-state index in [1.807, 2.05) is 74.6 Å². The summed E-state index contributed by atoms with van der Waals surface area (Å²) in [6.07, 6.45) is -0.545. The van der Waals surface area contributed by atoms with Crippen molar-refractivity contribution in [3.63, 3.8) is 0 Å². The molecule has 0 aliphatic carbocycles. The lowest BCUT2D eigenvalue weighted by atomic mass is 10.1. The highest BCUT2D eigenvalue weighted by Gasteiger charge is 2.16. The first-order valence-corrected chi connectivity index (χ1v) is 8.34. The van der Waals surface area contributed by atoms with Crippen molar-refractivity contribution in [1.82, 2.24) is 15.1 Å². The third-order valence-corrected chi connectivity index (χ3v) is 4.07. The van der Waals surface area contributed by atoms with Gasteiger partial charge in [-0.15, -0.1) is 0 Å². The molecule has 0 spiro atoms. The van der Waals surface area contributed by atoms with E-state index >= 15 is 0 Å². The predicted octanol–water partition coefficient (Wildman–Crippen LogP) is 3.34. The van der Waals surface area contributed by atoms with Crippen molar-refractivity contribution in [1.29, 1.82) is 0 Å². The molecule has 0 amide bonds. The van der Waals surface area contributed by atoms with Crippen molar-refractivity contribution in [2.45, 2.75) is 19.6 Å². The Morgan fingerprint density at radius 2 is 1.72 bits per heavy atom. The molecule has 5 nitrogen and oxygen atoms in total. The maximum atomic E-state index is 10.3. The molecule has 0 aliphatic heterocycles. The van der Waals surface area contributed by atoms with Gasteiger partial charge in [0.1, 0.15) is 5.75 Å². The first-order chi connectivity index (χ1) is 12.1. The second kappa shape index (κ2) is 7.96. The summed E-state index contributed by atoms with van der Waals surface area (Å²) in [7, 11) is 1.87.